The number of hydrogen-bond donors (Lipinski definition) is 0. The van der Waals surface area contributed by atoms with Crippen LogP contribution in [0.2, 0.25) is 0 Å². The Morgan fingerprint density at radius 3 is 1.82 bits per heavy atom. The summed E-state index contributed by atoms with van der Waals surface area (Å²) in [6.45, 7) is 2.23. The molecule has 2 nitrogen and oxygen atoms in total. The second kappa shape index (κ2) is 5.99. The maximum atomic E-state index is 3.60. The van der Waals surface area contributed by atoms with E-state index in [2.05, 4.69) is 94.0 Å². The summed E-state index contributed by atoms with van der Waals surface area (Å²) in [5, 5.41) is 2.63. The first-order valence-electron chi connectivity index (χ1n) is 7.53. The first kappa shape index (κ1) is 16.0. The summed E-state index contributed by atoms with van der Waals surface area (Å²) in [6.07, 6.45) is 1.18. The van der Waals surface area contributed by atoms with Gasteiger partial charge in [-0.3, -0.25) is 0 Å². The zero-order valence-electron chi connectivity index (χ0n) is 13.2. The second-order valence-corrected chi connectivity index (χ2v) is 8.67. The summed E-state index contributed by atoms with van der Waals surface area (Å²) in [4.78, 5) is 0. The summed E-state index contributed by atoms with van der Waals surface area (Å²) in [5.41, 5.74) is 2.63. The Kier molecular flexibility index (Phi) is 4.36. The van der Waals surface area contributed by atoms with E-state index in [0.29, 0.717) is 0 Å². The molecule has 0 amide bonds. The van der Waals surface area contributed by atoms with Gasteiger partial charge in [-0.25, -0.2) is 0 Å². The number of quaternary nitrogens is 1. The molecule has 3 rings (SSSR count). The molecule has 1 heterocycles. The maximum absolute atomic E-state index is 3.60. The van der Waals surface area contributed by atoms with Gasteiger partial charge in [-0.1, -0.05) is 31.9 Å². The Morgan fingerprint density at radius 2 is 1.36 bits per heavy atom. The molecule has 0 bridgehead atoms. The monoisotopic (exact) mass is 423 g/mol. The van der Waals surface area contributed by atoms with Crippen LogP contribution in [-0.4, -0.2) is 36.7 Å². The molecule has 4 heteroatoms. The third kappa shape index (κ3) is 3.24. The van der Waals surface area contributed by atoms with Gasteiger partial charge in [-0.2, -0.15) is 0 Å². The number of nitrogens with zero attached hydrogens (tertiary/aromatic N) is 2. The van der Waals surface area contributed by atoms with Gasteiger partial charge in [-0.15, -0.1) is 0 Å². The van der Waals surface area contributed by atoms with Crippen molar-refractivity contribution < 1.29 is 4.48 Å². The van der Waals surface area contributed by atoms with E-state index in [1.165, 1.54) is 34.8 Å². The van der Waals surface area contributed by atoms with Crippen LogP contribution in [-0.2, 0) is 6.54 Å². The van der Waals surface area contributed by atoms with Crippen LogP contribution >= 0.6 is 31.9 Å². The minimum atomic E-state index is 1.01. The van der Waals surface area contributed by atoms with E-state index in [9.17, 15) is 0 Å². The Balaban J connectivity index is 2.10. The van der Waals surface area contributed by atoms with Crippen LogP contribution in [0.4, 0.5) is 0 Å². The van der Waals surface area contributed by atoms with Gasteiger partial charge < -0.3 is 9.05 Å². The van der Waals surface area contributed by atoms with E-state index in [1.807, 2.05) is 0 Å². The molecule has 0 aliphatic rings. The summed E-state index contributed by atoms with van der Waals surface area (Å²) < 4.78 is 5.73. The van der Waals surface area contributed by atoms with Gasteiger partial charge in [0.05, 0.1) is 27.7 Å². The summed E-state index contributed by atoms with van der Waals surface area (Å²) in [6, 6.07) is 13.2. The first-order chi connectivity index (χ1) is 10.3. The molecule has 2 aromatic carbocycles. The van der Waals surface area contributed by atoms with Crippen molar-refractivity contribution in [2.24, 2.45) is 0 Å². The largest absolute Gasteiger partial charge is 0.340 e. The average molecular weight is 425 g/mol. The van der Waals surface area contributed by atoms with E-state index < -0.39 is 0 Å². The van der Waals surface area contributed by atoms with Crippen molar-refractivity contribution in [3.05, 3.63) is 45.3 Å². The lowest BCUT2D eigenvalue weighted by Crippen LogP contribution is -2.35. The molecule has 0 aliphatic carbocycles. The predicted octanol–water partition coefficient (Wildman–Crippen LogP) is 5.42. The van der Waals surface area contributed by atoms with Gasteiger partial charge in [-0.05, 0) is 36.4 Å². The molecule has 22 heavy (non-hydrogen) atoms. The molecule has 3 aromatic rings. The molecule has 116 valence electrons. The Hall–Kier alpha value is -0.840. The molecule has 0 saturated carbocycles. The Labute approximate surface area is 148 Å². The van der Waals surface area contributed by atoms with Crippen molar-refractivity contribution in [1.82, 2.24) is 4.57 Å². The van der Waals surface area contributed by atoms with Crippen LogP contribution in [0.5, 0.6) is 0 Å². The summed E-state index contributed by atoms with van der Waals surface area (Å²) in [5.74, 6) is 0. The lowest BCUT2D eigenvalue weighted by Gasteiger charge is -2.24. The molecular formula is C18H21Br2N2+. The number of halogens is 2. The molecule has 0 spiro atoms. The van der Waals surface area contributed by atoms with Gasteiger partial charge in [0.2, 0.25) is 0 Å². The van der Waals surface area contributed by atoms with Crippen LogP contribution in [0, 0.1) is 0 Å². The Bertz CT molecular complexity index is 769. The van der Waals surface area contributed by atoms with E-state index >= 15 is 0 Å². The van der Waals surface area contributed by atoms with Gasteiger partial charge in [0.1, 0.15) is 0 Å². The van der Waals surface area contributed by atoms with Crippen molar-refractivity contribution in [2.75, 3.05) is 27.7 Å². The van der Waals surface area contributed by atoms with E-state index in [4.69, 9.17) is 0 Å². The van der Waals surface area contributed by atoms with Crippen LogP contribution in [0.15, 0.2) is 45.3 Å². The molecule has 0 fully saturated rings. The quantitative estimate of drug-likeness (QED) is 0.493. The van der Waals surface area contributed by atoms with Gasteiger partial charge >= 0.3 is 0 Å². The fraction of sp³-hybridized carbons (Fsp3) is 0.333. The number of benzene rings is 2. The van der Waals surface area contributed by atoms with E-state index in [-0.39, 0.29) is 0 Å². The highest BCUT2D eigenvalue weighted by Gasteiger charge is 2.13. The van der Waals surface area contributed by atoms with Gasteiger partial charge in [0, 0.05) is 43.7 Å². The number of aromatic nitrogens is 1. The fourth-order valence-electron chi connectivity index (χ4n) is 2.99. The van der Waals surface area contributed by atoms with Crippen molar-refractivity contribution >= 4 is 53.7 Å². The number of fused-ring (bicyclic) bond motifs is 3. The first-order valence-corrected chi connectivity index (χ1v) is 9.11. The molecule has 0 N–H and O–H groups in total. The highest BCUT2D eigenvalue weighted by molar-refractivity contribution is 9.10. The standard InChI is InChI=1S/C18H21Br2N2/c1-22(2,3)10-4-9-21-17-7-5-13(19)11-15(17)16-12-14(20)6-8-18(16)21/h5-8,11-12H,4,9-10H2,1-3H3/q+1. The van der Waals surface area contributed by atoms with Crippen LogP contribution in [0.1, 0.15) is 6.42 Å². The highest BCUT2D eigenvalue weighted by atomic mass is 79.9. The third-order valence-electron chi connectivity index (χ3n) is 4.00. The molecule has 1 aromatic heterocycles. The zero-order chi connectivity index (χ0) is 15.9. The Morgan fingerprint density at radius 1 is 0.864 bits per heavy atom. The molecule has 0 atom stereocenters. The molecule has 0 unspecified atom stereocenters. The lowest BCUT2D eigenvalue weighted by molar-refractivity contribution is -0.870. The van der Waals surface area contributed by atoms with Crippen molar-refractivity contribution in [3.8, 4) is 0 Å². The summed E-state index contributed by atoms with van der Waals surface area (Å²) >= 11 is 7.20. The predicted molar refractivity (Wildman–Crippen MR) is 102 cm³/mol. The molecular weight excluding hydrogens is 404 g/mol. The van der Waals surface area contributed by atoms with Crippen molar-refractivity contribution in [1.29, 1.82) is 0 Å². The number of hydrogen-bond acceptors (Lipinski definition) is 0. The number of rotatable bonds is 4. The van der Waals surface area contributed by atoms with Crippen LogP contribution in [0.25, 0.3) is 21.8 Å². The smallest absolute Gasteiger partial charge is 0.0797 e. The topological polar surface area (TPSA) is 4.93 Å². The minimum absolute atomic E-state index is 1.01. The maximum Gasteiger partial charge on any atom is 0.0797 e. The fourth-order valence-corrected chi connectivity index (χ4v) is 3.71. The minimum Gasteiger partial charge on any atom is -0.340 e. The van der Waals surface area contributed by atoms with Crippen molar-refractivity contribution in [3.63, 3.8) is 0 Å². The SMILES string of the molecule is C[N+](C)(C)CCCn1c2ccc(Br)cc2c2cc(Br)ccc21. The second-order valence-electron chi connectivity index (χ2n) is 6.84. The van der Waals surface area contributed by atoms with Crippen LogP contribution < -0.4 is 0 Å². The molecule has 0 aliphatic heterocycles. The lowest BCUT2D eigenvalue weighted by atomic mass is 10.2. The van der Waals surface area contributed by atoms with Crippen LogP contribution in [0.3, 0.4) is 0 Å². The number of aryl methyl sites for hydroxylation is 1. The third-order valence-corrected chi connectivity index (χ3v) is 4.99. The van der Waals surface area contributed by atoms with Crippen molar-refractivity contribution in [2.45, 2.75) is 13.0 Å². The normalized spacial score (nSPS) is 12.4. The van der Waals surface area contributed by atoms with E-state index in [1.54, 1.807) is 0 Å². The zero-order valence-corrected chi connectivity index (χ0v) is 16.4. The van der Waals surface area contributed by atoms with Gasteiger partial charge in [0.15, 0.2) is 0 Å². The average Bonchev–Trinajstić information content (AvgIpc) is 2.71. The van der Waals surface area contributed by atoms with Gasteiger partial charge in [0.25, 0.3) is 0 Å². The highest BCUT2D eigenvalue weighted by Crippen LogP contribution is 2.33. The van der Waals surface area contributed by atoms with E-state index in [0.717, 1.165) is 20.0 Å². The molecule has 0 saturated heterocycles. The summed E-state index contributed by atoms with van der Waals surface area (Å²) in [7, 11) is 6.75. The molecule has 0 radical (unpaired) electrons.